The third-order valence-electron chi connectivity index (χ3n) is 2.97. The summed E-state index contributed by atoms with van der Waals surface area (Å²) < 4.78 is 6.08. The van der Waals surface area contributed by atoms with E-state index in [1.165, 1.54) is 0 Å². The largest absolute Gasteiger partial charge is 0.497 e. The highest BCUT2D eigenvalue weighted by molar-refractivity contribution is 9.10. The van der Waals surface area contributed by atoms with Crippen molar-refractivity contribution < 1.29 is 9.84 Å². The summed E-state index contributed by atoms with van der Waals surface area (Å²) in [6.45, 7) is 1.97. The van der Waals surface area contributed by atoms with Crippen LogP contribution in [0.25, 0.3) is 0 Å². The summed E-state index contributed by atoms with van der Waals surface area (Å²) in [5, 5.41) is 10.4. The molecule has 0 heterocycles. The van der Waals surface area contributed by atoms with Crippen molar-refractivity contribution in [2.75, 3.05) is 7.11 Å². The molecule has 1 N–H and O–H groups in total. The molecule has 0 saturated heterocycles. The van der Waals surface area contributed by atoms with E-state index < -0.39 is 6.10 Å². The van der Waals surface area contributed by atoms with Crippen molar-refractivity contribution in [3.05, 3.63) is 63.6 Å². The van der Waals surface area contributed by atoms with Crippen molar-refractivity contribution in [1.82, 2.24) is 0 Å². The molecule has 1 atom stereocenters. The van der Waals surface area contributed by atoms with E-state index in [0.717, 1.165) is 26.9 Å². The summed E-state index contributed by atoms with van der Waals surface area (Å²) >= 11 is 3.46. The monoisotopic (exact) mass is 306 g/mol. The minimum atomic E-state index is -0.633. The third kappa shape index (κ3) is 2.57. The molecule has 0 aliphatic carbocycles. The predicted molar refractivity (Wildman–Crippen MR) is 75.9 cm³/mol. The van der Waals surface area contributed by atoms with Crippen molar-refractivity contribution >= 4 is 15.9 Å². The van der Waals surface area contributed by atoms with E-state index in [-0.39, 0.29) is 0 Å². The molecule has 18 heavy (non-hydrogen) atoms. The van der Waals surface area contributed by atoms with Crippen LogP contribution in [0.5, 0.6) is 5.75 Å². The molecule has 0 bridgehead atoms. The molecule has 94 valence electrons. The van der Waals surface area contributed by atoms with Gasteiger partial charge in [0.15, 0.2) is 0 Å². The maximum Gasteiger partial charge on any atom is 0.119 e. The summed E-state index contributed by atoms with van der Waals surface area (Å²) in [7, 11) is 1.64. The van der Waals surface area contributed by atoms with E-state index >= 15 is 0 Å². The van der Waals surface area contributed by atoms with Gasteiger partial charge in [0.1, 0.15) is 11.9 Å². The third-order valence-corrected chi connectivity index (χ3v) is 3.69. The highest BCUT2D eigenvalue weighted by Crippen LogP contribution is 2.31. The summed E-state index contributed by atoms with van der Waals surface area (Å²) in [5.41, 5.74) is 2.77. The first kappa shape index (κ1) is 13.1. The molecule has 2 aromatic rings. The number of methoxy groups -OCH3 is 1. The number of aliphatic hydroxyl groups is 1. The summed E-state index contributed by atoms with van der Waals surface area (Å²) in [4.78, 5) is 0. The zero-order valence-corrected chi connectivity index (χ0v) is 11.9. The molecule has 0 aliphatic rings. The minimum absolute atomic E-state index is 0.633. The zero-order chi connectivity index (χ0) is 13.1. The number of rotatable bonds is 3. The van der Waals surface area contributed by atoms with Gasteiger partial charge in [0.25, 0.3) is 0 Å². The van der Waals surface area contributed by atoms with Gasteiger partial charge in [-0.3, -0.25) is 0 Å². The maximum atomic E-state index is 10.4. The number of aryl methyl sites for hydroxylation is 1. The van der Waals surface area contributed by atoms with Gasteiger partial charge in [-0.2, -0.15) is 0 Å². The topological polar surface area (TPSA) is 29.5 Å². The van der Waals surface area contributed by atoms with Gasteiger partial charge in [0.2, 0.25) is 0 Å². The van der Waals surface area contributed by atoms with Crippen molar-refractivity contribution in [3.63, 3.8) is 0 Å². The van der Waals surface area contributed by atoms with Crippen LogP contribution in [0.15, 0.2) is 46.9 Å². The molecule has 0 spiro atoms. The van der Waals surface area contributed by atoms with Crippen LogP contribution in [0.2, 0.25) is 0 Å². The maximum absolute atomic E-state index is 10.4. The fourth-order valence-corrected chi connectivity index (χ4v) is 2.45. The predicted octanol–water partition coefficient (Wildman–Crippen LogP) is 3.85. The van der Waals surface area contributed by atoms with Gasteiger partial charge >= 0.3 is 0 Å². The van der Waals surface area contributed by atoms with Crippen LogP contribution in [0, 0.1) is 6.92 Å². The van der Waals surface area contributed by atoms with Crippen LogP contribution in [0.4, 0.5) is 0 Å². The highest BCUT2D eigenvalue weighted by Gasteiger charge is 2.15. The lowest BCUT2D eigenvalue weighted by Gasteiger charge is -2.16. The molecular formula is C15H15BrO2. The van der Waals surface area contributed by atoms with Gasteiger partial charge in [-0.15, -0.1) is 0 Å². The standard InChI is InChI=1S/C15H15BrO2/c1-10-9-11(18-2)7-8-12(10)15(17)13-5-3-4-6-14(13)16/h3-9,15,17H,1-2H3/t15-/m1/s1. The van der Waals surface area contributed by atoms with Gasteiger partial charge < -0.3 is 9.84 Å². The van der Waals surface area contributed by atoms with E-state index in [2.05, 4.69) is 15.9 Å². The molecule has 0 radical (unpaired) electrons. The van der Waals surface area contributed by atoms with Gasteiger partial charge in [-0.05, 0) is 41.8 Å². The van der Waals surface area contributed by atoms with Crippen LogP contribution in [0.3, 0.4) is 0 Å². The van der Waals surface area contributed by atoms with E-state index in [9.17, 15) is 5.11 Å². The lowest BCUT2D eigenvalue weighted by atomic mass is 9.97. The summed E-state index contributed by atoms with van der Waals surface area (Å²) in [6, 6.07) is 13.4. The van der Waals surface area contributed by atoms with Gasteiger partial charge in [-0.25, -0.2) is 0 Å². The van der Waals surface area contributed by atoms with Crippen LogP contribution in [-0.4, -0.2) is 12.2 Å². The first-order chi connectivity index (χ1) is 8.63. The van der Waals surface area contributed by atoms with Crippen LogP contribution < -0.4 is 4.74 Å². The highest BCUT2D eigenvalue weighted by atomic mass is 79.9. The van der Waals surface area contributed by atoms with E-state index in [0.29, 0.717) is 0 Å². The van der Waals surface area contributed by atoms with E-state index in [4.69, 9.17) is 4.74 Å². The van der Waals surface area contributed by atoms with Gasteiger partial charge in [-0.1, -0.05) is 40.2 Å². The van der Waals surface area contributed by atoms with Gasteiger partial charge in [0.05, 0.1) is 7.11 Å². The second kappa shape index (κ2) is 5.55. The fraction of sp³-hybridized carbons (Fsp3) is 0.200. The molecular weight excluding hydrogens is 292 g/mol. The number of halogens is 1. The first-order valence-corrected chi connectivity index (χ1v) is 6.50. The summed E-state index contributed by atoms with van der Waals surface area (Å²) in [5.74, 6) is 0.801. The molecule has 3 heteroatoms. The molecule has 0 unspecified atom stereocenters. The first-order valence-electron chi connectivity index (χ1n) is 5.70. The Labute approximate surface area is 115 Å². The Morgan fingerprint density at radius 3 is 2.44 bits per heavy atom. The molecule has 0 amide bonds. The van der Waals surface area contributed by atoms with Crippen molar-refractivity contribution in [2.45, 2.75) is 13.0 Å². The summed E-state index contributed by atoms with van der Waals surface area (Å²) in [6.07, 6.45) is -0.633. The second-order valence-electron chi connectivity index (χ2n) is 4.15. The Hall–Kier alpha value is -1.32. The van der Waals surface area contributed by atoms with Crippen LogP contribution in [-0.2, 0) is 0 Å². The number of hydrogen-bond donors (Lipinski definition) is 1. The van der Waals surface area contributed by atoms with Crippen LogP contribution in [0.1, 0.15) is 22.8 Å². The quantitative estimate of drug-likeness (QED) is 0.933. The van der Waals surface area contributed by atoms with Crippen molar-refractivity contribution in [1.29, 1.82) is 0 Å². The average molecular weight is 307 g/mol. The molecule has 0 saturated carbocycles. The number of aliphatic hydroxyl groups excluding tert-OH is 1. The molecule has 2 aromatic carbocycles. The number of benzene rings is 2. The van der Waals surface area contributed by atoms with Gasteiger partial charge in [0, 0.05) is 4.47 Å². The lowest BCUT2D eigenvalue weighted by Crippen LogP contribution is -2.03. The fourth-order valence-electron chi connectivity index (χ4n) is 1.95. The van der Waals surface area contributed by atoms with E-state index in [1.807, 2.05) is 49.4 Å². The normalized spacial score (nSPS) is 12.2. The Morgan fingerprint density at radius 2 is 1.83 bits per heavy atom. The Bertz CT molecular complexity index is 552. The SMILES string of the molecule is COc1ccc([C@@H](O)c2ccccc2Br)c(C)c1. The minimum Gasteiger partial charge on any atom is -0.497 e. The molecule has 0 fully saturated rings. The van der Waals surface area contributed by atoms with Crippen LogP contribution >= 0.6 is 15.9 Å². The van der Waals surface area contributed by atoms with Crippen molar-refractivity contribution in [3.8, 4) is 5.75 Å². The number of ether oxygens (including phenoxy) is 1. The zero-order valence-electron chi connectivity index (χ0n) is 10.4. The molecule has 2 nitrogen and oxygen atoms in total. The average Bonchev–Trinajstić information content (AvgIpc) is 2.38. The molecule has 0 aromatic heterocycles. The Morgan fingerprint density at radius 1 is 1.11 bits per heavy atom. The molecule has 0 aliphatic heterocycles. The Kier molecular flexibility index (Phi) is 4.04. The lowest BCUT2D eigenvalue weighted by molar-refractivity contribution is 0.218. The van der Waals surface area contributed by atoms with E-state index in [1.54, 1.807) is 7.11 Å². The molecule has 2 rings (SSSR count). The second-order valence-corrected chi connectivity index (χ2v) is 5.00. The van der Waals surface area contributed by atoms with Crippen molar-refractivity contribution in [2.24, 2.45) is 0 Å². The smallest absolute Gasteiger partial charge is 0.119 e. The number of hydrogen-bond acceptors (Lipinski definition) is 2. The Balaban J connectivity index is 2.40.